The topological polar surface area (TPSA) is 98.0 Å². The van der Waals surface area contributed by atoms with Crippen molar-refractivity contribution < 1.29 is 8.42 Å². The van der Waals surface area contributed by atoms with Crippen LogP contribution in [0.4, 0.5) is 5.82 Å². The molecule has 0 saturated heterocycles. The molecule has 0 spiro atoms. The van der Waals surface area contributed by atoms with Crippen molar-refractivity contribution in [2.24, 2.45) is 5.84 Å². The number of nitrogens with one attached hydrogen (secondary N) is 1. The highest BCUT2D eigenvalue weighted by molar-refractivity contribution is 7.90. The van der Waals surface area contributed by atoms with Crippen LogP contribution in [-0.2, 0) is 9.84 Å². The average Bonchev–Trinajstić information content (AvgIpc) is 2.15. The minimum atomic E-state index is -3.17. The van der Waals surface area contributed by atoms with Gasteiger partial charge in [0, 0.05) is 18.5 Å². The predicted molar refractivity (Wildman–Crippen MR) is 53.1 cm³/mol. The lowest BCUT2D eigenvalue weighted by Crippen LogP contribution is -2.14. The van der Waals surface area contributed by atoms with Crippen molar-refractivity contribution in [1.29, 1.82) is 0 Å². The maximum absolute atomic E-state index is 11.2. The molecule has 0 aromatic carbocycles. The number of sulfone groups is 1. The Labute approximate surface area is 82.5 Å². The summed E-state index contributed by atoms with van der Waals surface area (Å²) in [5.74, 6) is 5.77. The molecule has 1 atom stereocenters. The van der Waals surface area contributed by atoms with E-state index in [4.69, 9.17) is 5.84 Å². The first kappa shape index (κ1) is 10.9. The molecule has 3 N–H and O–H groups in total. The van der Waals surface area contributed by atoms with E-state index < -0.39 is 15.1 Å². The zero-order valence-corrected chi connectivity index (χ0v) is 8.75. The van der Waals surface area contributed by atoms with Gasteiger partial charge in [0.05, 0.1) is 0 Å². The van der Waals surface area contributed by atoms with Gasteiger partial charge in [-0.25, -0.2) is 24.2 Å². The summed E-state index contributed by atoms with van der Waals surface area (Å²) in [5.41, 5.74) is 2.33. The third-order valence-corrected chi connectivity index (χ3v) is 3.32. The summed E-state index contributed by atoms with van der Waals surface area (Å²) in [6.07, 6.45) is 2.60. The van der Waals surface area contributed by atoms with Gasteiger partial charge in [0.2, 0.25) is 0 Å². The lowest BCUT2D eigenvalue weighted by molar-refractivity contribution is 0.589. The number of hydrazine groups is 1. The number of nitrogens with two attached hydrogens (primary N) is 1. The van der Waals surface area contributed by atoms with Crippen LogP contribution in [0.5, 0.6) is 0 Å². The predicted octanol–water partition coefficient (Wildman–Crippen LogP) is -0.132. The van der Waals surface area contributed by atoms with E-state index in [1.807, 2.05) is 0 Å². The van der Waals surface area contributed by atoms with Gasteiger partial charge in [-0.1, -0.05) is 0 Å². The molecule has 1 unspecified atom stereocenters. The summed E-state index contributed by atoms with van der Waals surface area (Å²) in [6, 6.07) is 1.55. The van der Waals surface area contributed by atoms with E-state index in [0.29, 0.717) is 5.82 Å². The van der Waals surface area contributed by atoms with E-state index in [0.717, 1.165) is 6.26 Å². The minimum absolute atomic E-state index is 0.239. The van der Waals surface area contributed by atoms with Crippen LogP contribution in [0.15, 0.2) is 12.3 Å². The molecule has 0 fully saturated rings. The highest BCUT2D eigenvalue weighted by Crippen LogP contribution is 2.17. The van der Waals surface area contributed by atoms with E-state index in [-0.39, 0.29) is 5.82 Å². The number of hydrogen-bond acceptors (Lipinski definition) is 6. The normalized spacial score (nSPS) is 13.6. The number of nitrogen functional groups attached to an aromatic ring is 1. The summed E-state index contributed by atoms with van der Waals surface area (Å²) >= 11 is 0. The number of aromatic nitrogens is 2. The number of rotatable bonds is 3. The molecular formula is C7H12N4O2S. The summed E-state index contributed by atoms with van der Waals surface area (Å²) in [7, 11) is -3.17. The van der Waals surface area contributed by atoms with E-state index in [2.05, 4.69) is 15.4 Å². The molecule has 0 bridgehead atoms. The van der Waals surface area contributed by atoms with Gasteiger partial charge in [-0.15, -0.1) is 0 Å². The second kappa shape index (κ2) is 3.89. The molecule has 1 aromatic heterocycles. The molecule has 14 heavy (non-hydrogen) atoms. The Morgan fingerprint density at radius 2 is 2.21 bits per heavy atom. The average molecular weight is 216 g/mol. The molecule has 1 heterocycles. The molecule has 1 rings (SSSR count). The Morgan fingerprint density at radius 3 is 2.71 bits per heavy atom. The highest BCUT2D eigenvalue weighted by Gasteiger charge is 2.20. The van der Waals surface area contributed by atoms with Crippen LogP contribution in [0.2, 0.25) is 0 Å². The first-order valence-electron chi connectivity index (χ1n) is 3.93. The molecule has 0 aliphatic rings. The van der Waals surface area contributed by atoms with Crippen LogP contribution >= 0.6 is 0 Å². The van der Waals surface area contributed by atoms with Gasteiger partial charge in [0.25, 0.3) is 0 Å². The van der Waals surface area contributed by atoms with Crippen molar-refractivity contribution in [1.82, 2.24) is 9.97 Å². The Balaban J connectivity index is 3.08. The lowest BCUT2D eigenvalue weighted by atomic mass is 10.4. The van der Waals surface area contributed by atoms with Gasteiger partial charge < -0.3 is 5.43 Å². The first-order valence-corrected chi connectivity index (χ1v) is 5.89. The maximum Gasteiger partial charge on any atom is 0.157 e. The third-order valence-electron chi connectivity index (χ3n) is 1.83. The minimum Gasteiger partial charge on any atom is -0.308 e. The summed E-state index contributed by atoms with van der Waals surface area (Å²) < 4.78 is 22.4. The third kappa shape index (κ3) is 2.39. The number of hydrogen-bond donors (Lipinski definition) is 2. The number of anilines is 1. The van der Waals surface area contributed by atoms with Gasteiger partial charge in [-0.3, -0.25) is 0 Å². The highest BCUT2D eigenvalue weighted by atomic mass is 32.2. The van der Waals surface area contributed by atoms with E-state index in [1.165, 1.54) is 13.1 Å². The van der Waals surface area contributed by atoms with Gasteiger partial charge in [0.1, 0.15) is 16.9 Å². The quantitative estimate of drug-likeness (QED) is 0.539. The first-order chi connectivity index (χ1) is 6.45. The van der Waals surface area contributed by atoms with Crippen LogP contribution < -0.4 is 11.3 Å². The summed E-state index contributed by atoms with van der Waals surface area (Å²) in [6.45, 7) is 1.53. The smallest absolute Gasteiger partial charge is 0.157 e. The van der Waals surface area contributed by atoms with Crippen LogP contribution in [0.1, 0.15) is 18.0 Å². The molecular weight excluding hydrogens is 204 g/mol. The molecule has 0 saturated carbocycles. The van der Waals surface area contributed by atoms with Crippen LogP contribution in [0.25, 0.3) is 0 Å². The molecule has 7 heteroatoms. The Bertz CT molecular complexity index is 417. The summed E-state index contributed by atoms with van der Waals surface area (Å²) in [5, 5.41) is -0.726. The molecule has 0 aliphatic heterocycles. The Morgan fingerprint density at radius 1 is 1.57 bits per heavy atom. The molecule has 0 aliphatic carbocycles. The molecule has 1 aromatic rings. The molecule has 78 valence electrons. The zero-order chi connectivity index (χ0) is 10.8. The zero-order valence-electron chi connectivity index (χ0n) is 7.93. The largest absolute Gasteiger partial charge is 0.308 e. The van der Waals surface area contributed by atoms with E-state index in [9.17, 15) is 8.42 Å². The van der Waals surface area contributed by atoms with E-state index >= 15 is 0 Å². The van der Waals surface area contributed by atoms with Gasteiger partial charge >= 0.3 is 0 Å². The fourth-order valence-corrected chi connectivity index (χ4v) is 1.34. The van der Waals surface area contributed by atoms with Crippen molar-refractivity contribution in [2.45, 2.75) is 12.2 Å². The van der Waals surface area contributed by atoms with Crippen molar-refractivity contribution >= 4 is 15.7 Å². The Kier molecular flexibility index (Phi) is 3.02. The Hall–Kier alpha value is -1.21. The summed E-state index contributed by atoms with van der Waals surface area (Å²) in [4.78, 5) is 7.80. The fourth-order valence-electron chi connectivity index (χ4n) is 0.842. The molecule has 0 amide bonds. The van der Waals surface area contributed by atoms with Crippen LogP contribution in [-0.4, -0.2) is 24.6 Å². The SMILES string of the molecule is CC(c1nccc(NN)n1)S(C)(=O)=O. The van der Waals surface area contributed by atoms with Gasteiger partial charge in [0.15, 0.2) is 9.84 Å². The fraction of sp³-hybridized carbons (Fsp3) is 0.429. The van der Waals surface area contributed by atoms with Crippen LogP contribution in [0.3, 0.4) is 0 Å². The molecule has 0 radical (unpaired) electrons. The second-order valence-electron chi connectivity index (χ2n) is 2.92. The van der Waals surface area contributed by atoms with Crippen LogP contribution in [0, 0.1) is 0 Å². The second-order valence-corrected chi connectivity index (χ2v) is 5.28. The maximum atomic E-state index is 11.2. The monoisotopic (exact) mass is 216 g/mol. The van der Waals surface area contributed by atoms with Gasteiger partial charge in [-0.05, 0) is 6.92 Å². The van der Waals surface area contributed by atoms with Crippen molar-refractivity contribution in [3.05, 3.63) is 18.1 Å². The number of nitrogens with zero attached hydrogens (tertiary/aromatic N) is 2. The molecule has 6 nitrogen and oxygen atoms in total. The lowest BCUT2D eigenvalue weighted by Gasteiger charge is -2.08. The van der Waals surface area contributed by atoms with E-state index in [1.54, 1.807) is 6.07 Å². The van der Waals surface area contributed by atoms with Gasteiger partial charge in [-0.2, -0.15) is 0 Å². The van der Waals surface area contributed by atoms with Crippen molar-refractivity contribution in [2.75, 3.05) is 11.7 Å². The standard InChI is InChI=1S/C7H12N4O2S/c1-5(14(2,12)13)7-9-4-3-6(10-7)11-8/h3-5H,8H2,1-2H3,(H,9,10,11). The van der Waals surface area contributed by atoms with Crippen molar-refractivity contribution in [3.8, 4) is 0 Å². The van der Waals surface area contributed by atoms with Crippen molar-refractivity contribution in [3.63, 3.8) is 0 Å².